The SMILES string of the molecule is Cc1cc(C)n(C[C@@H]2CCCN2C(=O)c2ccn(-c3ccccc3)n2)n1. The smallest absolute Gasteiger partial charge is 0.274 e. The maximum absolute atomic E-state index is 13.0. The molecular formula is C20H23N5O. The van der Waals surface area contributed by atoms with Crippen LogP contribution in [0.15, 0.2) is 48.7 Å². The van der Waals surface area contributed by atoms with E-state index in [2.05, 4.69) is 23.2 Å². The van der Waals surface area contributed by atoms with Gasteiger partial charge in [-0.05, 0) is 51.0 Å². The van der Waals surface area contributed by atoms with Crippen LogP contribution in [-0.2, 0) is 6.54 Å². The summed E-state index contributed by atoms with van der Waals surface area (Å²) >= 11 is 0. The molecule has 0 unspecified atom stereocenters. The van der Waals surface area contributed by atoms with Crippen molar-refractivity contribution in [3.05, 3.63) is 65.7 Å². The number of likely N-dealkylation sites (tertiary alicyclic amines) is 1. The van der Waals surface area contributed by atoms with Gasteiger partial charge in [-0.3, -0.25) is 9.48 Å². The van der Waals surface area contributed by atoms with Gasteiger partial charge in [-0.25, -0.2) is 4.68 Å². The highest BCUT2D eigenvalue weighted by molar-refractivity contribution is 5.92. The highest BCUT2D eigenvalue weighted by Crippen LogP contribution is 2.22. The van der Waals surface area contributed by atoms with Crippen molar-refractivity contribution in [2.75, 3.05) is 6.54 Å². The fourth-order valence-corrected chi connectivity index (χ4v) is 3.66. The van der Waals surface area contributed by atoms with Crippen LogP contribution in [-0.4, -0.2) is 43.0 Å². The first-order valence-corrected chi connectivity index (χ1v) is 9.05. The molecule has 1 aliphatic rings. The van der Waals surface area contributed by atoms with E-state index in [9.17, 15) is 4.79 Å². The quantitative estimate of drug-likeness (QED) is 0.728. The standard InChI is InChI=1S/C20H23N5O/c1-15-13-16(2)25(21-15)14-18-9-6-11-23(18)20(26)19-10-12-24(22-19)17-7-4-3-5-8-17/h3-5,7-8,10,12-13,18H,6,9,11,14H2,1-2H3/t18-/m0/s1. The maximum atomic E-state index is 13.0. The lowest BCUT2D eigenvalue weighted by molar-refractivity contribution is 0.0714. The van der Waals surface area contributed by atoms with Crippen molar-refractivity contribution in [3.8, 4) is 5.69 Å². The van der Waals surface area contributed by atoms with Crippen LogP contribution in [0.3, 0.4) is 0 Å². The Kier molecular flexibility index (Phi) is 4.32. The molecule has 3 heterocycles. The Morgan fingerprint density at radius 1 is 1.15 bits per heavy atom. The molecule has 1 amide bonds. The van der Waals surface area contributed by atoms with E-state index in [0.29, 0.717) is 5.69 Å². The van der Waals surface area contributed by atoms with E-state index < -0.39 is 0 Å². The second kappa shape index (κ2) is 6.78. The zero-order chi connectivity index (χ0) is 18.1. The first-order chi connectivity index (χ1) is 12.6. The number of nitrogens with zero attached hydrogens (tertiary/aromatic N) is 5. The van der Waals surface area contributed by atoms with Gasteiger partial charge >= 0.3 is 0 Å². The zero-order valence-electron chi connectivity index (χ0n) is 15.2. The molecule has 1 aliphatic heterocycles. The van der Waals surface area contributed by atoms with Crippen molar-refractivity contribution >= 4 is 5.91 Å². The first-order valence-electron chi connectivity index (χ1n) is 9.05. The molecule has 6 nitrogen and oxygen atoms in total. The van der Waals surface area contributed by atoms with Crippen molar-refractivity contribution in [3.63, 3.8) is 0 Å². The van der Waals surface area contributed by atoms with Crippen molar-refractivity contribution in [2.24, 2.45) is 0 Å². The van der Waals surface area contributed by atoms with Gasteiger partial charge in [0.2, 0.25) is 0 Å². The van der Waals surface area contributed by atoms with Crippen molar-refractivity contribution < 1.29 is 4.79 Å². The van der Waals surface area contributed by atoms with Crippen LogP contribution in [0, 0.1) is 13.8 Å². The van der Waals surface area contributed by atoms with Crippen LogP contribution in [0.5, 0.6) is 0 Å². The van der Waals surface area contributed by atoms with Gasteiger partial charge in [0.1, 0.15) is 0 Å². The van der Waals surface area contributed by atoms with Gasteiger partial charge in [-0.1, -0.05) is 18.2 Å². The van der Waals surface area contributed by atoms with Gasteiger partial charge in [0.25, 0.3) is 5.91 Å². The van der Waals surface area contributed by atoms with Crippen LogP contribution >= 0.6 is 0 Å². The molecule has 26 heavy (non-hydrogen) atoms. The number of aryl methyl sites for hydroxylation is 2. The summed E-state index contributed by atoms with van der Waals surface area (Å²) in [5, 5.41) is 9.03. The molecular weight excluding hydrogens is 326 g/mol. The summed E-state index contributed by atoms with van der Waals surface area (Å²) in [7, 11) is 0. The second-order valence-electron chi connectivity index (χ2n) is 6.88. The predicted molar refractivity (Wildman–Crippen MR) is 99.3 cm³/mol. The Hall–Kier alpha value is -2.89. The van der Waals surface area contributed by atoms with Gasteiger partial charge in [0.15, 0.2) is 5.69 Å². The molecule has 1 fully saturated rings. The lowest BCUT2D eigenvalue weighted by Crippen LogP contribution is -2.38. The Labute approximate surface area is 153 Å². The molecule has 0 aliphatic carbocycles. The van der Waals surface area contributed by atoms with E-state index in [1.54, 1.807) is 10.7 Å². The molecule has 4 rings (SSSR count). The van der Waals surface area contributed by atoms with Crippen molar-refractivity contribution in [1.82, 2.24) is 24.5 Å². The van der Waals surface area contributed by atoms with Crippen LogP contribution < -0.4 is 0 Å². The van der Waals surface area contributed by atoms with E-state index in [1.807, 2.05) is 53.0 Å². The van der Waals surface area contributed by atoms with Gasteiger partial charge in [-0.15, -0.1) is 0 Å². The molecule has 2 aromatic heterocycles. The number of amides is 1. The monoisotopic (exact) mass is 349 g/mol. The lowest BCUT2D eigenvalue weighted by atomic mass is 10.2. The largest absolute Gasteiger partial charge is 0.332 e. The van der Waals surface area contributed by atoms with E-state index in [0.717, 1.165) is 43.0 Å². The topological polar surface area (TPSA) is 56.0 Å². The minimum absolute atomic E-state index is 0.00344. The Morgan fingerprint density at radius 3 is 2.69 bits per heavy atom. The van der Waals surface area contributed by atoms with Crippen LogP contribution in [0.25, 0.3) is 5.69 Å². The summed E-state index contributed by atoms with van der Waals surface area (Å²) in [6.07, 6.45) is 3.87. The molecule has 1 aromatic carbocycles. The van der Waals surface area contributed by atoms with Crippen molar-refractivity contribution in [1.29, 1.82) is 0 Å². The van der Waals surface area contributed by atoms with Gasteiger partial charge < -0.3 is 4.90 Å². The fraction of sp³-hybridized carbons (Fsp3) is 0.350. The number of carbonyl (C=O) groups is 1. The molecule has 0 radical (unpaired) electrons. The van der Waals surface area contributed by atoms with Gasteiger partial charge in [-0.2, -0.15) is 10.2 Å². The number of aromatic nitrogens is 4. The highest BCUT2D eigenvalue weighted by Gasteiger charge is 2.31. The average Bonchev–Trinajstić information content (AvgIpc) is 3.36. The second-order valence-corrected chi connectivity index (χ2v) is 6.88. The Morgan fingerprint density at radius 2 is 1.96 bits per heavy atom. The number of rotatable bonds is 4. The third-order valence-corrected chi connectivity index (χ3v) is 4.95. The zero-order valence-corrected chi connectivity index (χ0v) is 15.2. The molecule has 0 bridgehead atoms. The van der Waals surface area contributed by atoms with E-state index in [-0.39, 0.29) is 11.9 Å². The number of hydrogen-bond acceptors (Lipinski definition) is 3. The minimum Gasteiger partial charge on any atom is -0.332 e. The van der Waals surface area contributed by atoms with Gasteiger partial charge in [0.05, 0.1) is 24.0 Å². The average molecular weight is 349 g/mol. The number of hydrogen-bond donors (Lipinski definition) is 0. The molecule has 3 aromatic rings. The van der Waals surface area contributed by atoms with Crippen LogP contribution in [0.4, 0.5) is 0 Å². The normalized spacial score (nSPS) is 17.0. The molecule has 0 spiro atoms. The summed E-state index contributed by atoms with van der Waals surface area (Å²) in [6, 6.07) is 13.9. The predicted octanol–water partition coefficient (Wildman–Crippen LogP) is 2.99. The lowest BCUT2D eigenvalue weighted by Gasteiger charge is -2.24. The summed E-state index contributed by atoms with van der Waals surface area (Å²) in [4.78, 5) is 15.0. The number of para-hydroxylation sites is 1. The first kappa shape index (κ1) is 16.6. The Balaban J connectivity index is 1.52. The molecule has 1 saturated heterocycles. The maximum Gasteiger partial charge on any atom is 0.274 e. The van der Waals surface area contributed by atoms with E-state index in [1.165, 1.54) is 0 Å². The third-order valence-electron chi connectivity index (χ3n) is 4.95. The molecule has 0 saturated carbocycles. The van der Waals surface area contributed by atoms with E-state index >= 15 is 0 Å². The highest BCUT2D eigenvalue weighted by atomic mass is 16.2. The van der Waals surface area contributed by atoms with E-state index in [4.69, 9.17) is 0 Å². The number of benzene rings is 1. The summed E-state index contributed by atoms with van der Waals surface area (Å²) in [5.41, 5.74) is 3.59. The van der Waals surface area contributed by atoms with Gasteiger partial charge in [0, 0.05) is 18.4 Å². The van der Waals surface area contributed by atoms with Crippen LogP contribution in [0.1, 0.15) is 34.7 Å². The summed E-state index contributed by atoms with van der Waals surface area (Å²) < 4.78 is 3.76. The summed E-state index contributed by atoms with van der Waals surface area (Å²) in [6.45, 7) is 5.58. The van der Waals surface area contributed by atoms with Crippen LogP contribution in [0.2, 0.25) is 0 Å². The van der Waals surface area contributed by atoms with Crippen molar-refractivity contribution in [2.45, 2.75) is 39.3 Å². The molecule has 1 atom stereocenters. The minimum atomic E-state index is 0.00344. The molecule has 6 heteroatoms. The Bertz CT molecular complexity index is 911. The third kappa shape index (κ3) is 3.14. The fourth-order valence-electron chi connectivity index (χ4n) is 3.66. The molecule has 0 N–H and O–H groups in total. The molecule has 134 valence electrons. The number of carbonyl (C=O) groups excluding carboxylic acids is 1. The summed E-state index contributed by atoms with van der Waals surface area (Å²) in [5.74, 6) is 0.00344.